The topological polar surface area (TPSA) is 75.8 Å². The van der Waals surface area contributed by atoms with Gasteiger partial charge in [0, 0.05) is 14.1 Å². The molecule has 0 saturated carbocycles. The van der Waals surface area contributed by atoms with Gasteiger partial charge in [-0.3, -0.25) is 4.99 Å². The average Bonchev–Trinajstić information content (AvgIpc) is 2.14. The molecule has 0 spiro atoms. The standard InChI is InChI=1S/C9H19N3O2S/c1-12(2)9(10)11-7-8-5-3-4-6-15(8,13)14/h8H,3-7H2,1-2H3,(H2,10,11). The lowest BCUT2D eigenvalue weighted by Gasteiger charge is -2.21. The zero-order chi connectivity index (χ0) is 11.5. The normalized spacial score (nSPS) is 26.3. The number of hydrogen-bond acceptors (Lipinski definition) is 3. The highest BCUT2D eigenvalue weighted by atomic mass is 32.2. The minimum atomic E-state index is -2.93. The molecule has 0 aromatic rings. The molecule has 6 heteroatoms. The second-order valence-corrected chi connectivity index (χ2v) is 6.48. The summed E-state index contributed by atoms with van der Waals surface area (Å²) < 4.78 is 23.3. The molecular weight excluding hydrogens is 214 g/mol. The minimum absolute atomic E-state index is 0.298. The third kappa shape index (κ3) is 3.37. The van der Waals surface area contributed by atoms with Crippen LogP contribution in [0, 0.1) is 0 Å². The van der Waals surface area contributed by atoms with E-state index in [4.69, 9.17) is 5.73 Å². The Balaban J connectivity index is 2.61. The third-order valence-electron chi connectivity index (χ3n) is 2.63. The second kappa shape index (κ2) is 4.83. The van der Waals surface area contributed by atoms with Crippen molar-refractivity contribution in [1.29, 1.82) is 0 Å². The van der Waals surface area contributed by atoms with E-state index in [9.17, 15) is 8.42 Å². The van der Waals surface area contributed by atoms with E-state index in [0.29, 0.717) is 24.7 Å². The molecule has 1 rings (SSSR count). The van der Waals surface area contributed by atoms with Crippen LogP contribution in [0.4, 0.5) is 0 Å². The fourth-order valence-electron chi connectivity index (χ4n) is 1.56. The molecule has 88 valence electrons. The van der Waals surface area contributed by atoms with Crippen LogP contribution in [0.25, 0.3) is 0 Å². The summed E-state index contributed by atoms with van der Waals surface area (Å²) in [6, 6.07) is 0. The quantitative estimate of drug-likeness (QED) is 0.531. The highest BCUT2D eigenvalue weighted by Gasteiger charge is 2.28. The molecule has 0 bridgehead atoms. The predicted octanol–water partition coefficient (Wildman–Crippen LogP) is -0.170. The number of sulfone groups is 1. The molecule has 0 radical (unpaired) electrons. The summed E-state index contributed by atoms with van der Waals surface area (Å²) in [7, 11) is 0.646. The summed E-state index contributed by atoms with van der Waals surface area (Å²) in [5, 5.41) is -0.329. The van der Waals surface area contributed by atoms with E-state index in [1.807, 2.05) is 0 Å². The number of guanidine groups is 1. The van der Waals surface area contributed by atoms with Crippen molar-refractivity contribution in [1.82, 2.24) is 4.90 Å². The molecule has 0 amide bonds. The Labute approximate surface area is 91.3 Å². The summed E-state index contributed by atoms with van der Waals surface area (Å²) in [4.78, 5) is 5.76. The molecule has 1 aliphatic heterocycles. The van der Waals surface area contributed by atoms with Crippen LogP contribution in [0.5, 0.6) is 0 Å². The lowest BCUT2D eigenvalue weighted by atomic mass is 10.2. The summed E-state index contributed by atoms with van der Waals surface area (Å²) >= 11 is 0. The Kier molecular flexibility index (Phi) is 3.96. The molecule has 0 aromatic carbocycles. The first-order chi connectivity index (χ1) is 6.93. The minimum Gasteiger partial charge on any atom is -0.370 e. The maximum atomic E-state index is 11.6. The summed E-state index contributed by atoms with van der Waals surface area (Å²) in [5.74, 6) is 0.686. The Hall–Kier alpha value is -0.780. The molecule has 2 N–H and O–H groups in total. The zero-order valence-corrected chi connectivity index (χ0v) is 10.1. The largest absolute Gasteiger partial charge is 0.370 e. The van der Waals surface area contributed by atoms with E-state index >= 15 is 0 Å². The van der Waals surface area contributed by atoms with Gasteiger partial charge in [-0.15, -0.1) is 0 Å². The van der Waals surface area contributed by atoms with Gasteiger partial charge >= 0.3 is 0 Å². The van der Waals surface area contributed by atoms with Crippen molar-refractivity contribution >= 4 is 15.8 Å². The lowest BCUT2D eigenvalue weighted by Crippen LogP contribution is -2.34. The van der Waals surface area contributed by atoms with Crippen LogP contribution in [-0.2, 0) is 9.84 Å². The van der Waals surface area contributed by atoms with Crippen LogP contribution >= 0.6 is 0 Å². The monoisotopic (exact) mass is 233 g/mol. The molecule has 15 heavy (non-hydrogen) atoms. The Bertz CT molecular complexity index is 335. The van der Waals surface area contributed by atoms with Crippen molar-refractivity contribution < 1.29 is 8.42 Å². The van der Waals surface area contributed by atoms with Gasteiger partial charge in [0.1, 0.15) is 0 Å². The zero-order valence-electron chi connectivity index (χ0n) is 9.31. The molecule has 1 fully saturated rings. The van der Waals surface area contributed by atoms with E-state index < -0.39 is 9.84 Å². The van der Waals surface area contributed by atoms with Gasteiger partial charge in [-0.05, 0) is 12.8 Å². The summed E-state index contributed by atoms with van der Waals surface area (Å²) in [5.41, 5.74) is 5.60. The second-order valence-electron chi connectivity index (χ2n) is 4.08. The molecule has 1 saturated heterocycles. The van der Waals surface area contributed by atoms with Crippen molar-refractivity contribution in [3.05, 3.63) is 0 Å². The fourth-order valence-corrected chi connectivity index (χ4v) is 3.33. The van der Waals surface area contributed by atoms with Gasteiger partial charge in [-0.1, -0.05) is 6.42 Å². The average molecular weight is 233 g/mol. The van der Waals surface area contributed by atoms with Gasteiger partial charge in [0.2, 0.25) is 0 Å². The summed E-state index contributed by atoms with van der Waals surface area (Å²) in [6.07, 6.45) is 2.47. The van der Waals surface area contributed by atoms with Crippen LogP contribution in [0.1, 0.15) is 19.3 Å². The molecule has 1 unspecified atom stereocenters. The van der Waals surface area contributed by atoms with Gasteiger partial charge < -0.3 is 10.6 Å². The van der Waals surface area contributed by atoms with Crippen LogP contribution in [0.2, 0.25) is 0 Å². The van der Waals surface area contributed by atoms with Crippen molar-refractivity contribution in [2.45, 2.75) is 24.5 Å². The molecular formula is C9H19N3O2S. The Morgan fingerprint density at radius 2 is 2.13 bits per heavy atom. The lowest BCUT2D eigenvalue weighted by molar-refractivity contribution is 0.539. The van der Waals surface area contributed by atoms with Crippen molar-refractivity contribution in [3.8, 4) is 0 Å². The molecule has 1 atom stereocenters. The van der Waals surface area contributed by atoms with Crippen LogP contribution in [0.15, 0.2) is 4.99 Å². The van der Waals surface area contributed by atoms with E-state index in [0.717, 1.165) is 12.8 Å². The number of hydrogen-bond donors (Lipinski definition) is 1. The first-order valence-corrected chi connectivity index (χ1v) is 6.84. The van der Waals surface area contributed by atoms with Gasteiger partial charge in [0.25, 0.3) is 0 Å². The maximum absolute atomic E-state index is 11.6. The Morgan fingerprint density at radius 1 is 1.47 bits per heavy atom. The van der Waals surface area contributed by atoms with E-state index in [-0.39, 0.29) is 5.25 Å². The highest BCUT2D eigenvalue weighted by molar-refractivity contribution is 7.92. The van der Waals surface area contributed by atoms with Gasteiger partial charge in [-0.25, -0.2) is 8.42 Å². The highest BCUT2D eigenvalue weighted by Crippen LogP contribution is 2.19. The summed E-state index contributed by atoms with van der Waals surface area (Å²) in [6.45, 7) is 0.298. The van der Waals surface area contributed by atoms with Gasteiger partial charge in [0.15, 0.2) is 15.8 Å². The van der Waals surface area contributed by atoms with Crippen molar-refractivity contribution in [2.24, 2.45) is 10.7 Å². The predicted molar refractivity (Wildman–Crippen MR) is 61.6 cm³/mol. The molecule has 5 nitrogen and oxygen atoms in total. The Morgan fingerprint density at radius 3 is 2.67 bits per heavy atom. The fraction of sp³-hybridized carbons (Fsp3) is 0.889. The molecule has 1 aliphatic rings. The van der Waals surface area contributed by atoms with Crippen molar-refractivity contribution in [3.63, 3.8) is 0 Å². The smallest absolute Gasteiger partial charge is 0.190 e. The SMILES string of the molecule is CN(C)C(N)=NCC1CCCCS1(=O)=O. The number of aliphatic imine (C=N–C) groups is 1. The van der Waals surface area contributed by atoms with Crippen LogP contribution in [0.3, 0.4) is 0 Å². The molecule has 0 aliphatic carbocycles. The van der Waals surface area contributed by atoms with E-state index in [1.165, 1.54) is 0 Å². The molecule has 1 heterocycles. The number of rotatable bonds is 2. The first kappa shape index (κ1) is 12.3. The van der Waals surface area contributed by atoms with Crippen LogP contribution in [-0.4, -0.2) is 50.9 Å². The number of nitrogens with zero attached hydrogens (tertiary/aromatic N) is 2. The van der Waals surface area contributed by atoms with E-state index in [2.05, 4.69) is 4.99 Å². The molecule has 0 aromatic heterocycles. The first-order valence-electron chi connectivity index (χ1n) is 5.12. The van der Waals surface area contributed by atoms with E-state index in [1.54, 1.807) is 19.0 Å². The van der Waals surface area contributed by atoms with Crippen LogP contribution < -0.4 is 5.73 Å². The number of nitrogens with two attached hydrogens (primary N) is 1. The van der Waals surface area contributed by atoms with Gasteiger partial charge in [0.05, 0.1) is 17.5 Å². The maximum Gasteiger partial charge on any atom is 0.190 e. The third-order valence-corrected chi connectivity index (χ3v) is 4.89. The van der Waals surface area contributed by atoms with Crippen molar-refractivity contribution in [2.75, 3.05) is 26.4 Å². The van der Waals surface area contributed by atoms with Gasteiger partial charge in [-0.2, -0.15) is 0 Å².